The van der Waals surface area contributed by atoms with Gasteiger partial charge in [0, 0.05) is 16.8 Å². The summed E-state index contributed by atoms with van der Waals surface area (Å²) in [7, 11) is 0. The van der Waals surface area contributed by atoms with Crippen LogP contribution in [0.4, 0.5) is 18.9 Å². The smallest absolute Gasteiger partial charge is 0.405 e. The molecule has 0 aromatic heterocycles. The van der Waals surface area contributed by atoms with Crippen molar-refractivity contribution in [1.82, 2.24) is 5.32 Å². The minimum Gasteiger partial charge on any atom is -0.490 e. The molecule has 6 nitrogen and oxygen atoms in total. The fourth-order valence-electron chi connectivity index (χ4n) is 2.96. The van der Waals surface area contributed by atoms with Crippen LogP contribution in [0.1, 0.15) is 28.4 Å². The molecule has 0 unspecified atom stereocenters. The number of carbonyl (C=O) groups excluding carboxylic acids is 2. The Morgan fingerprint density at radius 3 is 2.65 bits per heavy atom. The lowest BCUT2D eigenvalue weighted by Crippen LogP contribution is -2.33. The van der Waals surface area contributed by atoms with Crippen LogP contribution in [0.15, 0.2) is 42.0 Å². The molecule has 0 bridgehead atoms. The van der Waals surface area contributed by atoms with Crippen LogP contribution in [0.5, 0.6) is 11.5 Å². The van der Waals surface area contributed by atoms with E-state index in [1.54, 1.807) is 37.3 Å². The standard InChI is InChI=1S/C22H21F3N2O4/c1-3-30-18-6-4-5-14-9-16(11-31-19(14)18)21(29)27-17-10-15(8-7-13(17)2)20(28)26-12-22(23,24)25/h4-10H,3,11-12H2,1-2H3,(H,26,28)(H,27,29). The summed E-state index contributed by atoms with van der Waals surface area (Å²) >= 11 is 0. The van der Waals surface area contributed by atoms with Gasteiger partial charge in [0.05, 0.1) is 12.2 Å². The number of nitrogens with one attached hydrogen (secondary N) is 2. The Morgan fingerprint density at radius 2 is 1.94 bits per heavy atom. The molecule has 1 aliphatic rings. The molecule has 2 aromatic carbocycles. The van der Waals surface area contributed by atoms with Gasteiger partial charge in [0.25, 0.3) is 11.8 Å². The van der Waals surface area contributed by atoms with Crippen LogP contribution in [-0.2, 0) is 4.79 Å². The predicted molar refractivity (Wildman–Crippen MR) is 109 cm³/mol. The molecule has 3 rings (SSSR count). The minimum absolute atomic E-state index is 0.00530. The third kappa shape index (κ3) is 5.56. The van der Waals surface area contributed by atoms with E-state index in [0.29, 0.717) is 40.5 Å². The minimum atomic E-state index is -4.51. The van der Waals surface area contributed by atoms with E-state index in [0.717, 1.165) is 0 Å². The van der Waals surface area contributed by atoms with Crippen molar-refractivity contribution >= 4 is 23.6 Å². The zero-order chi connectivity index (χ0) is 22.6. The third-order valence-electron chi connectivity index (χ3n) is 4.50. The number of amides is 2. The van der Waals surface area contributed by atoms with E-state index in [9.17, 15) is 22.8 Å². The molecule has 9 heteroatoms. The van der Waals surface area contributed by atoms with Crippen LogP contribution in [0.25, 0.3) is 6.08 Å². The van der Waals surface area contributed by atoms with Gasteiger partial charge in [-0.25, -0.2) is 0 Å². The van der Waals surface area contributed by atoms with Crippen LogP contribution in [0.3, 0.4) is 0 Å². The lowest BCUT2D eigenvalue weighted by Gasteiger charge is -2.20. The van der Waals surface area contributed by atoms with Crippen molar-refractivity contribution in [2.24, 2.45) is 0 Å². The molecule has 31 heavy (non-hydrogen) atoms. The molecular weight excluding hydrogens is 413 g/mol. The van der Waals surface area contributed by atoms with E-state index in [2.05, 4.69) is 5.32 Å². The number of fused-ring (bicyclic) bond motifs is 1. The molecule has 0 saturated heterocycles. The normalized spacial score (nSPS) is 12.9. The van der Waals surface area contributed by atoms with E-state index < -0.39 is 24.5 Å². The van der Waals surface area contributed by atoms with E-state index >= 15 is 0 Å². The van der Waals surface area contributed by atoms with Crippen molar-refractivity contribution in [3.8, 4) is 11.5 Å². The van der Waals surface area contributed by atoms with Crippen LogP contribution in [0.2, 0.25) is 0 Å². The average molecular weight is 434 g/mol. The number of halogens is 3. The molecule has 2 aromatic rings. The zero-order valence-corrected chi connectivity index (χ0v) is 16.9. The first-order chi connectivity index (χ1) is 14.7. The van der Waals surface area contributed by atoms with Gasteiger partial charge < -0.3 is 20.1 Å². The van der Waals surface area contributed by atoms with Crippen molar-refractivity contribution in [1.29, 1.82) is 0 Å². The first-order valence-corrected chi connectivity index (χ1v) is 9.54. The molecule has 2 amide bonds. The summed E-state index contributed by atoms with van der Waals surface area (Å²) in [6, 6.07) is 9.64. The van der Waals surface area contributed by atoms with Crippen molar-refractivity contribution in [2.45, 2.75) is 20.0 Å². The third-order valence-corrected chi connectivity index (χ3v) is 4.50. The maximum absolute atomic E-state index is 12.7. The maximum atomic E-state index is 12.7. The average Bonchev–Trinajstić information content (AvgIpc) is 2.73. The number of aryl methyl sites for hydroxylation is 1. The summed E-state index contributed by atoms with van der Waals surface area (Å²) in [5.74, 6) is -0.182. The molecule has 0 spiro atoms. The highest BCUT2D eigenvalue weighted by atomic mass is 19.4. The molecule has 0 atom stereocenters. The fourth-order valence-corrected chi connectivity index (χ4v) is 2.96. The van der Waals surface area contributed by atoms with Gasteiger partial charge in [-0.15, -0.1) is 0 Å². The summed E-state index contributed by atoms with van der Waals surface area (Å²) in [5.41, 5.74) is 2.02. The van der Waals surface area contributed by atoms with Gasteiger partial charge in [-0.1, -0.05) is 18.2 Å². The molecule has 1 heterocycles. The van der Waals surface area contributed by atoms with Crippen LogP contribution >= 0.6 is 0 Å². The first kappa shape index (κ1) is 22.2. The summed E-state index contributed by atoms with van der Waals surface area (Å²) in [5, 5.41) is 4.51. The number of ether oxygens (including phenoxy) is 2. The molecule has 0 saturated carbocycles. The van der Waals surface area contributed by atoms with Gasteiger partial charge in [0.1, 0.15) is 13.2 Å². The highest BCUT2D eigenvalue weighted by molar-refractivity contribution is 6.08. The van der Waals surface area contributed by atoms with E-state index in [4.69, 9.17) is 9.47 Å². The number of hydrogen-bond acceptors (Lipinski definition) is 4. The van der Waals surface area contributed by atoms with Gasteiger partial charge in [-0.2, -0.15) is 13.2 Å². The van der Waals surface area contributed by atoms with Crippen molar-refractivity contribution in [2.75, 3.05) is 25.1 Å². The Balaban J connectivity index is 1.76. The Morgan fingerprint density at radius 1 is 1.16 bits per heavy atom. The van der Waals surface area contributed by atoms with E-state index in [-0.39, 0.29) is 12.2 Å². The zero-order valence-electron chi connectivity index (χ0n) is 16.9. The second kappa shape index (κ2) is 9.11. The largest absolute Gasteiger partial charge is 0.490 e. The Kier molecular flexibility index (Phi) is 6.53. The van der Waals surface area contributed by atoms with Gasteiger partial charge >= 0.3 is 6.18 Å². The van der Waals surface area contributed by atoms with Crippen LogP contribution in [-0.4, -0.2) is 37.7 Å². The number of hydrogen-bond donors (Lipinski definition) is 2. The van der Waals surface area contributed by atoms with Gasteiger partial charge in [-0.05, 0) is 43.7 Å². The Labute approximate surface area is 177 Å². The predicted octanol–water partition coefficient (Wildman–Crippen LogP) is 4.10. The topological polar surface area (TPSA) is 76.7 Å². The molecule has 2 N–H and O–H groups in total. The number of alkyl halides is 3. The SMILES string of the molecule is CCOc1cccc2c1OCC(C(=O)Nc1cc(C(=O)NCC(F)(F)F)ccc1C)=C2. The van der Waals surface area contributed by atoms with Crippen LogP contribution in [0, 0.1) is 6.92 Å². The monoisotopic (exact) mass is 434 g/mol. The van der Waals surface area contributed by atoms with Gasteiger partial charge in [-0.3, -0.25) is 9.59 Å². The first-order valence-electron chi connectivity index (χ1n) is 9.54. The fraction of sp³-hybridized carbons (Fsp3) is 0.273. The molecule has 0 radical (unpaired) electrons. The summed E-state index contributed by atoms with van der Waals surface area (Å²) < 4.78 is 48.2. The second-order valence-corrected chi connectivity index (χ2v) is 6.85. The lowest BCUT2D eigenvalue weighted by molar-refractivity contribution is -0.123. The van der Waals surface area contributed by atoms with Crippen molar-refractivity contribution in [3.05, 3.63) is 58.7 Å². The quantitative estimate of drug-likeness (QED) is 0.718. The Hall–Kier alpha value is -3.49. The van der Waals surface area contributed by atoms with Crippen molar-refractivity contribution in [3.63, 3.8) is 0 Å². The number of para-hydroxylation sites is 1. The maximum Gasteiger partial charge on any atom is 0.405 e. The molecular formula is C22H21F3N2O4. The highest BCUT2D eigenvalue weighted by Gasteiger charge is 2.28. The van der Waals surface area contributed by atoms with E-state index in [1.807, 2.05) is 12.2 Å². The number of carbonyl (C=O) groups is 2. The summed E-state index contributed by atoms with van der Waals surface area (Å²) in [6.07, 6.45) is -2.82. The molecule has 164 valence electrons. The molecule has 0 aliphatic carbocycles. The van der Waals surface area contributed by atoms with E-state index in [1.165, 1.54) is 12.1 Å². The van der Waals surface area contributed by atoms with Gasteiger partial charge in [0.15, 0.2) is 11.5 Å². The summed E-state index contributed by atoms with van der Waals surface area (Å²) in [4.78, 5) is 24.7. The lowest BCUT2D eigenvalue weighted by atomic mass is 10.1. The number of rotatable bonds is 6. The second-order valence-electron chi connectivity index (χ2n) is 6.85. The Bertz CT molecular complexity index is 1030. The van der Waals surface area contributed by atoms with Crippen molar-refractivity contribution < 1.29 is 32.2 Å². The number of anilines is 1. The summed E-state index contributed by atoms with van der Waals surface area (Å²) in [6.45, 7) is 2.63. The van der Waals surface area contributed by atoms with Crippen LogP contribution < -0.4 is 20.1 Å². The van der Waals surface area contributed by atoms with Gasteiger partial charge in [0.2, 0.25) is 0 Å². The molecule has 1 aliphatic heterocycles. The molecule has 0 fully saturated rings. The number of benzene rings is 2. The highest BCUT2D eigenvalue weighted by Crippen LogP contribution is 2.36.